The zero-order valence-corrected chi connectivity index (χ0v) is 17.5. The van der Waals surface area contributed by atoms with Crippen molar-refractivity contribution in [2.24, 2.45) is 5.92 Å². The Balaban J connectivity index is 1.42. The molecule has 0 aromatic carbocycles. The number of ether oxygens (including phenoxy) is 1. The van der Waals surface area contributed by atoms with Gasteiger partial charge in [0, 0.05) is 41.9 Å². The summed E-state index contributed by atoms with van der Waals surface area (Å²) < 4.78 is 43.2. The maximum absolute atomic E-state index is 12.8. The van der Waals surface area contributed by atoms with E-state index in [0.717, 1.165) is 11.1 Å². The summed E-state index contributed by atoms with van der Waals surface area (Å²) in [5.74, 6) is -0.921. The Morgan fingerprint density at radius 2 is 2.12 bits per heavy atom. The van der Waals surface area contributed by atoms with Crippen LogP contribution in [0.25, 0.3) is 10.9 Å². The van der Waals surface area contributed by atoms with Crippen LogP contribution in [0.4, 0.5) is 30.6 Å². The van der Waals surface area contributed by atoms with Crippen LogP contribution in [-0.2, 0) is 9.53 Å². The molecule has 3 aromatic rings. The molecule has 0 amide bonds. The highest BCUT2D eigenvalue weighted by Crippen LogP contribution is 2.52. The highest BCUT2D eigenvalue weighted by atomic mass is 19.4. The van der Waals surface area contributed by atoms with E-state index in [4.69, 9.17) is 4.74 Å². The summed E-state index contributed by atoms with van der Waals surface area (Å²) in [5.41, 5.74) is -0.0361. The van der Waals surface area contributed by atoms with Gasteiger partial charge in [-0.2, -0.15) is 18.3 Å². The first kappa shape index (κ1) is 21.4. The molecule has 0 spiro atoms. The van der Waals surface area contributed by atoms with E-state index in [9.17, 15) is 23.1 Å². The first-order chi connectivity index (χ1) is 15.6. The molecule has 2 aliphatic rings. The topological polar surface area (TPSA) is 125 Å². The van der Waals surface area contributed by atoms with Crippen molar-refractivity contribution < 1.29 is 27.8 Å². The van der Waals surface area contributed by atoms with Crippen molar-refractivity contribution in [1.82, 2.24) is 20.2 Å². The van der Waals surface area contributed by atoms with Crippen molar-refractivity contribution in [2.45, 2.75) is 50.1 Å². The number of aliphatic hydroxyl groups is 1. The van der Waals surface area contributed by atoms with Crippen molar-refractivity contribution >= 4 is 34.3 Å². The Bertz CT molecular complexity index is 1220. The summed E-state index contributed by atoms with van der Waals surface area (Å²) in [5, 5.41) is 24.4. The SMILES string of the molecule is Cc1cc(Nc2cc3ncccc3c(NC3CC4(OC(=O)C(F)(F)F)CC3CC4O)n2)n[nH]1. The summed E-state index contributed by atoms with van der Waals surface area (Å²) in [4.78, 5) is 20.5. The van der Waals surface area contributed by atoms with Gasteiger partial charge in [0.2, 0.25) is 0 Å². The Morgan fingerprint density at radius 3 is 2.85 bits per heavy atom. The standard InChI is InChI=1S/C21H21F3N6O3/c1-10-5-17(30-29-10)27-16-7-13-12(3-2-4-25-13)18(28-16)26-14-9-20(8-11(14)6-15(20)31)33-19(32)21(22,23)24/h2-5,7,11,14-15,31H,6,8-9H2,1H3,(H3,26,27,28,29,30). The van der Waals surface area contributed by atoms with Crippen LogP contribution < -0.4 is 10.6 Å². The third-order valence-electron chi connectivity index (χ3n) is 6.29. The summed E-state index contributed by atoms with van der Waals surface area (Å²) in [6.07, 6.45) is -4.20. The summed E-state index contributed by atoms with van der Waals surface area (Å²) in [7, 11) is 0. The van der Waals surface area contributed by atoms with E-state index >= 15 is 0 Å². The molecule has 174 valence electrons. The van der Waals surface area contributed by atoms with Gasteiger partial charge < -0.3 is 20.5 Å². The molecule has 4 unspecified atom stereocenters. The second kappa shape index (κ2) is 7.58. The number of carbonyl (C=O) groups is 1. The third kappa shape index (κ3) is 3.94. The number of nitrogens with zero attached hydrogens (tertiary/aromatic N) is 3. The number of H-pyrrole nitrogens is 1. The van der Waals surface area contributed by atoms with Crippen LogP contribution in [0.2, 0.25) is 0 Å². The molecule has 3 heterocycles. The second-order valence-electron chi connectivity index (χ2n) is 8.61. The number of pyridine rings is 2. The number of hydrogen-bond acceptors (Lipinski definition) is 8. The largest absolute Gasteiger partial charge is 0.490 e. The number of esters is 1. The lowest BCUT2D eigenvalue weighted by atomic mass is 9.90. The number of aromatic amines is 1. The smallest absolute Gasteiger partial charge is 0.450 e. The summed E-state index contributed by atoms with van der Waals surface area (Å²) in [6.45, 7) is 1.87. The van der Waals surface area contributed by atoms with Gasteiger partial charge in [-0.3, -0.25) is 10.1 Å². The van der Waals surface area contributed by atoms with E-state index in [1.165, 1.54) is 0 Å². The summed E-state index contributed by atoms with van der Waals surface area (Å²) >= 11 is 0. The molecule has 4 atom stereocenters. The monoisotopic (exact) mass is 462 g/mol. The fourth-order valence-corrected chi connectivity index (χ4v) is 4.83. The van der Waals surface area contributed by atoms with E-state index < -0.39 is 23.9 Å². The molecular weight excluding hydrogens is 441 g/mol. The minimum absolute atomic E-state index is 0.0420. The predicted octanol–water partition coefficient (Wildman–Crippen LogP) is 3.20. The van der Waals surface area contributed by atoms with Gasteiger partial charge in [0.25, 0.3) is 0 Å². The maximum atomic E-state index is 12.8. The highest BCUT2D eigenvalue weighted by molar-refractivity contribution is 5.91. The van der Waals surface area contributed by atoms with E-state index in [1.807, 2.05) is 19.1 Å². The molecule has 2 fully saturated rings. The van der Waals surface area contributed by atoms with Crippen LogP contribution in [0.1, 0.15) is 25.0 Å². The van der Waals surface area contributed by atoms with E-state index in [0.29, 0.717) is 23.0 Å². The quantitative estimate of drug-likeness (QED) is 0.426. The number of fused-ring (bicyclic) bond motifs is 3. The number of aromatic nitrogens is 4. The first-order valence-corrected chi connectivity index (χ1v) is 10.4. The fraction of sp³-hybridized carbons (Fsp3) is 0.429. The molecule has 5 rings (SSSR count). The van der Waals surface area contributed by atoms with Gasteiger partial charge in [-0.1, -0.05) is 0 Å². The van der Waals surface area contributed by atoms with Gasteiger partial charge in [-0.05, 0) is 37.8 Å². The molecular formula is C21H21F3N6O3. The lowest BCUT2D eigenvalue weighted by molar-refractivity contribution is -0.220. The van der Waals surface area contributed by atoms with E-state index in [1.54, 1.807) is 18.3 Å². The highest BCUT2D eigenvalue weighted by Gasteiger charge is 2.61. The molecule has 4 N–H and O–H groups in total. The van der Waals surface area contributed by atoms with E-state index in [2.05, 4.69) is 30.8 Å². The average Bonchev–Trinajstić information content (AvgIpc) is 3.40. The summed E-state index contributed by atoms with van der Waals surface area (Å²) in [6, 6.07) is 6.83. The minimum atomic E-state index is -5.12. The van der Waals surface area contributed by atoms with E-state index in [-0.39, 0.29) is 31.2 Å². The second-order valence-corrected chi connectivity index (χ2v) is 8.61. The van der Waals surface area contributed by atoms with Gasteiger partial charge in [0.1, 0.15) is 17.2 Å². The van der Waals surface area contributed by atoms with Crippen molar-refractivity contribution in [3.63, 3.8) is 0 Å². The molecule has 0 aliphatic heterocycles. The fourth-order valence-electron chi connectivity index (χ4n) is 4.83. The van der Waals surface area contributed by atoms with Crippen LogP contribution in [-0.4, -0.2) is 55.2 Å². The third-order valence-corrected chi connectivity index (χ3v) is 6.29. The average molecular weight is 462 g/mol. The molecule has 2 saturated carbocycles. The molecule has 2 bridgehead atoms. The normalized spacial score (nSPS) is 26.5. The molecule has 0 saturated heterocycles. The minimum Gasteiger partial charge on any atom is -0.450 e. The van der Waals surface area contributed by atoms with Crippen LogP contribution in [0.5, 0.6) is 0 Å². The van der Waals surface area contributed by atoms with Gasteiger partial charge in [0.05, 0.1) is 11.6 Å². The number of rotatable bonds is 5. The predicted molar refractivity (Wildman–Crippen MR) is 112 cm³/mol. The Morgan fingerprint density at radius 1 is 1.30 bits per heavy atom. The van der Waals surface area contributed by atoms with Crippen molar-refractivity contribution in [2.75, 3.05) is 10.6 Å². The number of nitrogens with one attached hydrogen (secondary N) is 3. The number of aliphatic hydroxyl groups excluding tert-OH is 1. The lowest BCUT2D eigenvalue weighted by Crippen LogP contribution is -2.47. The zero-order valence-electron chi connectivity index (χ0n) is 17.5. The van der Waals surface area contributed by atoms with Crippen LogP contribution >= 0.6 is 0 Å². The lowest BCUT2D eigenvalue weighted by Gasteiger charge is -2.34. The van der Waals surface area contributed by atoms with Gasteiger partial charge in [-0.25, -0.2) is 9.78 Å². The van der Waals surface area contributed by atoms with Gasteiger partial charge >= 0.3 is 12.1 Å². The van der Waals surface area contributed by atoms with Crippen LogP contribution in [0, 0.1) is 12.8 Å². The molecule has 2 aliphatic carbocycles. The molecule has 33 heavy (non-hydrogen) atoms. The molecule has 3 aromatic heterocycles. The van der Waals surface area contributed by atoms with Crippen molar-refractivity contribution in [1.29, 1.82) is 0 Å². The van der Waals surface area contributed by atoms with Crippen LogP contribution in [0.15, 0.2) is 30.5 Å². The van der Waals surface area contributed by atoms with Crippen molar-refractivity contribution in [3.05, 3.63) is 36.2 Å². The van der Waals surface area contributed by atoms with Crippen LogP contribution in [0.3, 0.4) is 0 Å². The number of halogens is 3. The number of aryl methyl sites for hydroxylation is 1. The zero-order chi connectivity index (χ0) is 23.4. The number of anilines is 3. The van der Waals surface area contributed by atoms with Gasteiger partial charge in [-0.15, -0.1) is 0 Å². The maximum Gasteiger partial charge on any atom is 0.490 e. The molecule has 12 heteroatoms. The Hall–Kier alpha value is -3.41. The molecule has 0 radical (unpaired) electrons. The van der Waals surface area contributed by atoms with Crippen molar-refractivity contribution in [3.8, 4) is 0 Å². The molecule has 9 nitrogen and oxygen atoms in total. The van der Waals surface area contributed by atoms with Gasteiger partial charge in [0.15, 0.2) is 5.82 Å². The number of alkyl halides is 3. The number of hydrogen-bond donors (Lipinski definition) is 4. The Labute approximate surface area is 185 Å². The Kier molecular flexibility index (Phi) is 4.92. The number of carbonyl (C=O) groups excluding carboxylic acids is 1. The first-order valence-electron chi connectivity index (χ1n) is 10.4.